The van der Waals surface area contributed by atoms with Crippen LogP contribution < -0.4 is 32.5 Å². The summed E-state index contributed by atoms with van der Waals surface area (Å²) in [6, 6.07) is 17.9. The molecular weight excluding hydrogens is 898 g/mol. The van der Waals surface area contributed by atoms with Gasteiger partial charge in [-0.25, -0.2) is 23.7 Å². The van der Waals surface area contributed by atoms with E-state index in [0.717, 1.165) is 89.6 Å². The van der Waals surface area contributed by atoms with Gasteiger partial charge in [-0.05, 0) is 98.6 Å². The molecule has 2 aliphatic carbocycles. The Morgan fingerprint density at radius 2 is 1.54 bits per heavy atom. The fourth-order valence-corrected chi connectivity index (χ4v) is 12.0. The second-order valence-electron chi connectivity index (χ2n) is 19.9. The molecule has 2 saturated carbocycles. The molecule has 2 saturated heterocycles. The molecule has 12 rings (SSSR count). The van der Waals surface area contributed by atoms with Crippen LogP contribution in [-0.2, 0) is 17.4 Å². The quantitative estimate of drug-likeness (QED) is 0.0902. The standard InChI is InChI=1S/C27H28ClFN8O.C24H27FN6/c28-23-15(5-6-21-16(23)12-37(35-21)9-10-38)24-25-26(34-33-24)32-22(11-31-25)36-8-7-17-19(13-36)27(17,14-30)18-3-1-2-4-20(18)29;1-23(2,3)10-8-19-21-22(30-29-19)28-20(12-27-21)31-11-9-15-17(13-31)24(15,14-26)16-6-4-5-7-18(16)25/h1-6,11-12,17,19,31,38H,7-10,13-14,30H2,(H2,32,33,34);4-7,12,15,17H,9,11,13-14,26H2,1-3H3,(H,28,29,30)/t17-,19+,27-;15-,17+,24-/m11/s1. The second-order valence-corrected chi connectivity index (χ2v) is 20.3. The van der Waals surface area contributed by atoms with Crippen LogP contribution in [0.1, 0.15) is 56.0 Å². The SMILES string of the molecule is CC(C)(C)C#Cc1n[nH]c2nc(N3CC[C@@H]4[C@H](C3)[C@@]4(CN)c3ccccc3F)cnc12.NC[C@]1(c2ccccc2F)[C@@H]2CCN(C3=CNC4=C(c5ccc6nn(CCO)cc6c5Cl)NNC4=N3)C[C@@H]21. The van der Waals surface area contributed by atoms with E-state index in [0.29, 0.717) is 71.0 Å². The number of amidine groups is 1. The molecule has 69 heavy (non-hydrogen) atoms. The maximum atomic E-state index is 14.7. The van der Waals surface area contributed by atoms with E-state index in [2.05, 4.69) is 78.9 Å². The summed E-state index contributed by atoms with van der Waals surface area (Å²) in [5, 5.41) is 25.7. The molecule has 15 nitrogen and oxygen atoms in total. The number of nitrogens with two attached hydrogens (primary N) is 2. The Labute approximate surface area is 403 Å². The summed E-state index contributed by atoms with van der Waals surface area (Å²) in [5.41, 5.74) is 24.8. The molecule has 3 aromatic carbocycles. The highest BCUT2D eigenvalue weighted by molar-refractivity contribution is 6.37. The smallest absolute Gasteiger partial charge is 0.177 e. The Morgan fingerprint density at radius 3 is 2.19 bits per heavy atom. The van der Waals surface area contributed by atoms with Gasteiger partial charge in [-0.15, -0.1) is 0 Å². The average Bonchev–Trinajstić information content (AvgIpc) is 3.84. The number of hydrogen-bond donors (Lipinski definition) is 7. The summed E-state index contributed by atoms with van der Waals surface area (Å²) in [6.45, 7) is 10.7. The average molecular weight is 954 g/mol. The van der Waals surface area contributed by atoms with E-state index in [-0.39, 0.29) is 34.5 Å². The summed E-state index contributed by atoms with van der Waals surface area (Å²) >= 11 is 6.79. The highest BCUT2D eigenvalue weighted by atomic mass is 35.5. The van der Waals surface area contributed by atoms with Gasteiger partial charge in [0.15, 0.2) is 17.2 Å². The molecular formula is C51H55ClF2N14O. The van der Waals surface area contributed by atoms with Gasteiger partial charge in [0.1, 0.15) is 34.5 Å². The molecule has 6 atom stereocenters. The van der Waals surface area contributed by atoms with E-state index in [9.17, 15) is 13.9 Å². The van der Waals surface area contributed by atoms with Crippen LogP contribution in [0.5, 0.6) is 0 Å². The lowest BCUT2D eigenvalue weighted by Crippen LogP contribution is -2.37. The van der Waals surface area contributed by atoms with Crippen molar-refractivity contribution in [3.05, 3.63) is 130 Å². The van der Waals surface area contributed by atoms with Crippen LogP contribution in [0.15, 0.2) is 95.8 Å². The Bertz CT molecular complexity index is 3170. The van der Waals surface area contributed by atoms with Crippen molar-refractivity contribution in [2.24, 2.45) is 45.5 Å². The lowest BCUT2D eigenvalue weighted by molar-refractivity contribution is 0.269. The lowest BCUT2D eigenvalue weighted by Gasteiger charge is -2.30. The molecule has 0 radical (unpaired) electrons. The predicted octanol–water partition coefficient (Wildman–Crippen LogP) is 5.49. The number of aromatic nitrogens is 6. The number of piperidine rings is 2. The predicted molar refractivity (Wildman–Crippen MR) is 263 cm³/mol. The molecule has 4 aliphatic heterocycles. The number of nitrogens with zero attached hydrogens (tertiary/aromatic N) is 8. The molecule has 4 fully saturated rings. The molecule has 6 aromatic rings. The van der Waals surface area contributed by atoms with Crippen LogP contribution in [0.25, 0.3) is 27.8 Å². The minimum atomic E-state index is -0.304. The number of hydrazine groups is 1. The largest absolute Gasteiger partial charge is 0.394 e. The Kier molecular flexibility index (Phi) is 11.1. The van der Waals surface area contributed by atoms with Gasteiger partial charge in [-0.2, -0.15) is 10.2 Å². The fraction of sp³-hybridized carbons (Fsp3) is 0.392. The normalized spacial score (nSPS) is 25.5. The van der Waals surface area contributed by atoms with Gasteiger partial charge < -0.3 is 31.7 Å². The van der Waals surface area contributed by atoms with Gasteiger partial charge in [0.25, 0.3) is 0 Å². The molecule has 356 valence electrons. The van der Waals surface area contributed by atoms with Gasteiger partial charge >= 0.3 is 0 Å². The van der Waals surface area contributed by atoms with Gasteiger partial charge in [0.05, 0.1) is 35.6 Å². The number of aromatic amines is 1. The third kappa shape index (κ3) is 7.56. The Balaban J connectivity index is 0.000000154. The molecule has 6 aliphatic rings. The van der Waals surface area contributed by atoms with Crippen molar-refractivity contribution in [1.29, 1.82) is 0 Å². The van der Waals surface area contributed by atoms with Crippen LogP contribution in [-0.4, -0.2) is 91.7 Å². The third-order valence-corrected chi connectivity index (χ3v) is 15.6. The Morgan fingerprint density at radius 1 is 0.870 bits per heavy atom. The lowest BCUT2D eigenvalue weighted by atomic mass is 9.91. The number of anilines is 1. The molecule has 7 heterocycles. The van der Waals surface area contributed by atoms with Crippen LogP contribution in [0.2, 0.25) is 5.02 Å². The van der Waals surface area contributed by atoms with E-state index in [1.807, 2.05) is 48.8 Å². The molecule has 9 N–H and O–H groups in total. The first-order valence-corrected chi connectivity index (χ1v) is 24.0. The van der Waals surface area contributed by atoms with Gasteiger partial charge in [0.2, 0.25) is 0 Å². The van der Waals surface area contributed by atoms with Gasteiger partial charge in [0, 0.05) is 78.9 Å². The van der Waals surface area contributed by atoms with E-state index in [1.165, 1.54) is 12.1 Å². The molecule has 0 spiro atoms. The maximum absolute atomic E-state index is 14.7. The first kappa shape index (κ1) is 44.9. The number of hydrogen-bond acceptors (Lipinski definition) is 13. The first-order chi connectivity index (χ1) is 33.4. The van der Waals surface area contributed by atoms with Crippen LogP contribution in [0, 0.1) is 52.6 Å². The summed E-state index contributed by atoms with van der Waals surface area (Å²) < 4.78 is 31.0. The van der Waals surface area contributed by atoms with E-state index >= 15 is 0 Å². The topological polar surface area (TPSA) is 199 Å². The van der Waals surface area contributed by atoms with Gasteiger partial charge in [-0.3, -0.25) is 20.6 Å². The van der Waals surface area contributed by atoms with Crippen molar-refractivity contribution in [3.63, 3.8) is 0 Å². The van der Waals surface area contributed by atoms with Crippen LogP contribution in [0.4, 0.5) is 14.6 Å². The molecule has 0 amide bonds. The van der Waals surface area contributed by atoms with Crippen molar-refractivity contribution < 1.29 is 13.9 Å². The number of aliphatic hydroxyl groups excluding tert-OH is 1. The zero-order valence-electron chi connectivity index (χ0n) is 38.7. The second kappa shape index (κ2) is 17.1. The van der Waals surface area contributed by atoms with Crippen LogP contribution in [0.3, 0.4) is 0 Å². The first-order valence-electron chi connectivity index (χ1n) is 23.6. The molecule has 0 bridgehead atoms. The van der Waals surface area contributed by atoms with Crippen molar-refractivity contribution >= 4 is 51.0 Å². The van der Waals surface area contributed by atoms with E-state index in [1.54, 1.807) is 23.0 Å². The summed E-state index contributed by atoms with van der Waals surface area (Å²) in [6.07, 6.45) is 7.44. The van der Waals surface area contributed by atoms with E-state index < -0.39 is 0 Å². The van der Waals surface area contributed by atoms with Crippen molar-refractivity contribution in [2.75, 3.05) is 50.8 Å². The number of H-pyrrole nitrogens is 1. The van der Waals surface area contributed by atoms with Crippen molar-refractivity contribution in [1.82, 2.24) is 51.0 Å². The summed E-state index contributed by atoms with van der Waals surface area (Å²) in [5.74, 6) is 9.69. The number of nitrogens with one attached hydrogen (secondary N) is 4. The number of benzene rings is 3. The molecule has 3 aromatic heterocycles. The van der Waals surface area contributed by atoms with E-state index in [4.69, 9.17) is 33.0 Å². The zero-order chi connectivity index (χ0) is 47.8. The molecule has 0 unspecified atom stereocenters. The monoisotopic (exact) mass is 952 g/mol. The number of rotatable bonds is 9. The highest BCUT2D eigenvalue weighted by Crippen LogP contribution is 2.64. The minimum Gasteiger partial charge on any atom is -0.394 e. The summed E-state index contributed by atoms with van der Waals surface area (Å²) in [7, 11) is 0. The van der Waals surface area contributed by atoms with Crippen molar-refractivity contribution in [2.45, 2.75) is 51.0 Å². The Hall–Kier alpha value is -6.58. The number of aliphatic imine (C=N–C) groups is 1. The van der Waals surface area contributed by atoms with Crippen LogP contribution >= 0.6 is 11.6 Å². The number of halogens is 3. The maximum Gasteiger partial charge on any atom is 0.177 e. The zero-order valence-corrected chi connectivity index (χ0v) is 39.5. The fourth-order valence-electron chi connectivity index (χ4n) is 11.7. The van der Waals surface area contributed by atoms with Crippen molar-refractivity contribution in [3.8, 4) is 11.8 Å². The summed E-state index contributed by atoms with van der Waals surface area (Å²) in [4.78, 5) is 18.7. The third-order valence-electron chi connectivity index (χ3n) is 15.2. The molecule has 18 heteroatoms. The number of fused-ring (bicyclic) bond motifs is 5. The number of likely N-dealkylation sites (tertiary alicyclic amines) is 1. The minimum absolute atomic E-state index is 0.00637. The highest BCUT2D eigenvalue weighted by Gasteiger charge is 2.67. The van der Waals surface area contributed by atoms with Gasteiger partial charge in [-0.1, -0.05) is 53.9 Å². The number of aliphatic hydroxyl groups is 1.